The molecule has 32 heavy (non-hydrogen) atoms. The van der Waals surface area contributed by atoms with Gasteiger partial charge >= 0.3 is 5.97 Å². The maximum absolute atomic E-state index is 11.9. The summed E-state index contributed by atoms with van der Waals surface area (Å²) in [5.74, 6) is -0.564. The lowest BCUT2D eigenvalue weighted by Crippen LogP contribution is -2.42. The molecule has 0 unspecified atom stereocenters. The molecule has 0 radical (unpaired) electrons. The van der Waals surface area contributed by atoms with Gasteiger partial charge in [-0.05, 0) is 36.2 Å². The fraction of sp³-hybridized carbons (Fsp3) is 0.261. The van der Waals surface area contributed by atoms with E-state index in [1.54, 1.807) is 42.5 Å². The number of anilines is 2. The molecule has 0 aliphatic heterocycles. The maximum Gasteiger partial charge on any atom is 0.326 e. The first-order valence-electron chi connectivity index (χ1n) is 10.0. The molecule has 0 aliphatic rings. The van der Waals surface area contributed by atoms with Gasteiger partial charge in [-0.1, -0.05) is 48.3 Å². The molecular formula is C23H22Cl2N2O5. The van der Waals surface area contributed by atoms with Crippen molar-refractivity contribution in [1.82, 2.24) is 0 Å². The number of carboxylic acids is 1. The minimum atomic E-state index is -1.13. The Morgan fingerprint density at radius 1 is 1.03 bits per heavy atom. The van der Waals surface area contributed by atoms with Crippen LogP contribution in [0.5, 0.6) is 5.75 Å². The average molecular weight is 477 g/mol. The fourth-order valence-electron chi connectivity index (χ4n) is 3.11. The van der Waals surface area contributed by atoms with Crippen molar-refractivity contribution in [2.45, 2.75) is 32.4 Å². The van der Waals surface area contributed by atoms with Gasteiger partial charge in [0.15, 0.2) is 0 Å². The Hall–Kier alpha value is -3.03. The van der Waals surface area contributed by atoms with Crippen molar-refractivity contribution in [3.8, 4) is 5.75 Å². The number of nitrogens with one attached hydrogen (secondary N) is 2. The second kappa shape index (κ2) is 10.5. The number of hydrogen-bond donors (Lipinski definition) is 3. The van der Waals surface area contributed by atoms with Crippen LogP contribution in [-0.2, 0) is 17.8 Å². The molecule has 0 heterocycles. The van der Waals surface area contributed by atoms with E-state index in [1.807, 2.05) is 6.92 Å². The van der Waals surface area contributed by atoms with E-state index in [-0.39, 0.29) is 24.4 Å². The molecule has 9 heteroatoms. The van der Waals surface area contributed by atoms with Crippen molar-refractivity contribution in [3.63, 3.8) is 0 Å². The molecule has 0 fully saturated rings. The summed E-state index contributed by atoms with van der Waals surface area (Å²) in [4.78, 5) is 35.4. The number of rotatable bonds is 11. The number of halogens is 2. The maximum atomic E-state index is 11.9. The summed E-state index contributed by atoms with van der Waals surface area (Å²) in [5.41, 5.74) is 0.213. The second-order valence-corrected chi connectivity index (χ2v) is 8.02. The Kier molecular flexibility index (Phi) is 7.77. The summed E-state index contributed by atoms with van der Waals surface area (Å²) in [6, 6.07) is 11.0. The molecule has 3 aromatic rings. The number of aliphatic carboxylic acids is 1. The third-order valence-corrected chi connectivity index (χ3v) is 5.60. The van der Waals surface area contributed by atoms with E-state index in [4.69, 9.17) is 27.9 Å². The van der Waals surface area contributed by atoms with E-state index in [0.29, 0.717) is 27.9 Å². The van der Waals surface area contributed by atoms with Gasteiger partial charge in [-0.2, -0.15) is 0 Å². The van der Waals surface area contributed by atoms with Crippen molar-refractivity contribution >= 4 is 40.5 Å². The van der Waals surface area contributed by atoms with Gasteiger partial charge in [0.2, 0.25) is 0 Å². The molecule has 0 amide bonds. The minimum Gasteiger partial charge on any atom is -0.489 e. The molecule has 0 aromatic heterocycles. The van der Waals surface area contributed by atoms with Gasteiger partial charge in [-0.25, -0.2) is 4.79 Å². The normalized spacial score (nSPS) is 11.8. The molecule has 3 N–H and O–H groups in total. The van der Waals surface area contributed by atoms with E-state index in [2.05, 4.69) is 10.6 Å². The molecule has 0 bridgehead atoms. The van der Waals surface area contributed by atoms with Crippen LogP contribution in [-0.4, -0.2) is 23.7 Å². The standard InChI is InChI=1S/C23H22Cl2N2O5/c1-2-10-26-19-20(22(29)21(19)28)27-18(23(30)31)11-13-6-8-14(9-7-13)32-12-15-16(24)4-3-5-17(15)25/h3-9,18,26-27H,2,10-12H2,1H3,(H,30,31)/t18-/m0/s1. The van der Waals surface area contributed by atoms with E-state index in [0.717, 1.165) is 12.0 Å². The van der Waals surface area contributed by atoms with Crippen LogP contribution in [0.15, 0.2) is 52.1 Å². The molecule has 1 atom stereocenters. The number of carbonyl (C=O) groups is 1. The monoisotopic (exact) mass is 476 g/mol. The predicted octanol–water partition coefficient (Wildman–Crippen LogP) is 4.10. The average Bonchev–Trinajstić information content (AvgIpc) is 2.77. The smallest absolute Gasteiger partial charge is 0.326 e. The van der Waals surface area contributed by atoms with Crippen LogP contribution in [0.4, 0.5) is 11.4 Å². The van der Waals surface area contributed by atoms with E-state index < -0.39 is 22.9 Å². The number of ether oxygens (including phenoxy) is 1. The van der Waals surface area contributed by atoms with Crippen LogP contribution in [0, 0.1) is 0 Å². The van der Waals surface area contributed by atoms with E-state index >= 15 is 0 Å². The molecule has 0 saturated heterocycles. The summed E-state index contributed by atoms with van der Waals surface area (Å²) in [6.07, 6.45) is 0.871. The summed E-state index contributed by atoms with van der Waals surface area (Å²) in [7, 11) is 0. The molecular weight excluding hydrogens is 455 g/mol. The first-order valence-corrected chi connectivity index (χ1v) is 10.8. The lowest BCUT2D eigenvalue weighted by atomic mass is 10.0. The minimum absolute atomic E-state index is 0.0208. The van der Waals surface area contributed by atoms with Gasteiger partial charge in [0.05, 0.1) is 0 Å². The summed E-state index contributed by atoms with van der Waals surface area (Å²) in [5, 5.41) is 16.2. The van der Waals surface area contributed by atoms with Crippen LogP contribution in [0.2, 0.25) is 10.0 Å². The van der Waals surface area contributed by atoms with Crippen LogP contribution in [0.1, 0.15) is 24.5 Å². The summed E-state index contributed by atoms with van der Waals surface area (Å²) in [6.45, 7) is 2.62. The highest BCUT2D eigenvalue weighted by molar-refractivity contribution is 6.35. The summed E-state index contributed by atoms with van der Waals surface area (Å²) < 4.78 is 5.73. The number of benzene rings is 2. The van der Waals surface area contributed by atoms with Crippen molar-refractivity contribution < 1.29 is 14.6 Å². The van der Waals surface area contributed by atoms with E-state index in [1.165, 1.54) is 0 Å². The third kappa shape index (κ3) is 5.41. The van der Waals surface area contributed by atoms with Crippen molar-refractivity contribution in [3.05, 3.63) is 84.1 Å². The van der Waals surface area contributed by atoms with E-state index in [9.17, 15) is 19.5 Å². The van der Waals surface area contributed by atoms with Crippen molar-refractivity contribution in [1.29, 1.82) is 0 Å². The fourth-order valence-corrected chi connectivity index (χ4v) is 3.61. The SMILES string of the molecule is CCCNc1c(N[C@@H](Cc2ccc(OCc3c(Cl)cccc3Cl)cc2)C(=O)O)c(=O)c1=O. The van der Waals surface area contributed by atoms with Crippen LogP contribution in [0.3, 0.4) is 0 Å². The van der Waals surface area contributed by atoms with Gasteiger partial charge in [0.25, 0.3) is 10.9 Å². The Morgan fingerprint density at radius 3 is 2.25 bits per heavy atom. The Balaban J connectivity index is 1.65. The molecule has 0 saturated carbocycles. The van der Waals surface area contributed by atoms with Gasteiger partial charge in [-0.15, -0.1) is 0 Å². The first-order chi connectivity index (χ1) is 15.3. The molecule has 168 valence electrons. The number of hydrogen-bond acceptors (Lipinski definition) is 6. The van der Waals surface area contributed by atoms with Gasteiger partial charge < -0.3 is 20.5 Å². The second-order valence-electron chi connectivity index (χ2n) is 7.21. The van der Waals surface area contributed by atoms with Crippen LogP contribution in [0.25, 0.3) is 0 Å². The topological polar surface area (TPSA) is 105 Å². The lowest BCUT2D eigenvalue weighted by molar-refractivity contribution is -0.137. The zero-order valence-electron chi connectivity index (χ0n) is 17.3. The zero-order chi connectivity index (χ0) is 23.3. The predicted molar refractivity (Wildman–Crippen MR) is 126 cm³/mol. The molecule has 3 rings (SSSR count). The van der Waals surface area contributed by atoms with Crippen molar-refractivity contribution in [2.24, 2.45) is 0 Å². The highest BCUT2D eigenvalue weighted by Gasteiger charge is 2.26. The largest absolute Gasteiger partial charge is 0.489 e. The van der Waals surface area contributed by atoms with Gasteiger partial charge in [0, 0.05) is 28.6 Å². The van der Waals surface area contributed by atoms with Crippen molar-refractivity contribution in [2.75, 3.05) is 17.2 Å². The summed E-state index contributed by atoms with van der Waals surface area (Å²) >= 11 is 12.3. The van der Waals surface area contributed by atoms with Gasteiger partial charge in [-0.3, -0.25) is 9.59 Å². The molecule has 0 aliphatic carbocycles. The highest BCUT2D eigenvalue weighted by Crippen LogP contribution is 2.26. The number of carboxylic acid groups (broad SMARTS) is 1. The first kappa shape index (κ1) is 23.6. The molecule has 0 spiro atoms. The van der Waals surface area contributed by atoms with Gasteiger partial charge in [0.1, 0.15) is 29.8 Å². The van der Waals surface area contributed by atoms with Crippen LogP contribution < -0.4 is 26.2 Å². The Morgan fingerprint density at radius 2 is 1.66 bits per heavy atom. The Bertz CT molecular complexity index is 1150. The molecule has 3 aromatic carbocycles. The highest BCUT2D eigenvalue weighted by atomic mass is 35.5. The zero-order valence-corrected chi connectivity index (χ0v) is 18.8. The lowest BCUT2D eigenvalue weighted by Gasteiger charge is -2.20. The van der Waals surface area contributed by atoms with Crippen LogP contribution >= 0.6 is 23.2 Å². The molecule has 7 nitrogen and oxygen atoms in total. The third-order valence-electron chi connectivity index (χ3n) is 4.89. The Labute approximate surface area is 194 Å². The quantitative estimate of drug-likeness (QED) is 0.357.